The van der Waals surface area contributed by atoms with Crippen molar-refractivity contribution in [2.45, 2.75) is 50.4 Å². The van der Waals surface area contributed by atoms with Gasteiger partial charge in [-0.3, -0.25) is 9.59 Å². The predicted octanol–water partition coefficient (Wildman–Crippen LogP) is -1.41. The number of rotatable bonds is 10. The summed E-state index contributed by atoms with van der Waals surface area (Å²) in [6, 6.07) is -0.262. The Morgan fingerprint density at radius 2 is 1.41 bits per heavy atom. The molecular formula is C13H30N4O5. The summed E-state index contributed by atoms with van der Waals surface area (Å²) in [7, 11) is 3.78. The fraction of sp³-hybridized carbons (Fsp3) is 0.846. The number of carboxylic acids is 2. The van der Waals surface area contributed by atoms with E-state index < -0.39 is 18.1 Å². The molecule has 22 heavy (non-hydrogen) atoms. The zero-order valence-corrected chi connectivity index (χ0v) is 13.3. The highest BCUT2D eigenvalue weighted by atomic mass is 16.4. The predicted molar refractivity (Wildman–Crippen MR) is 83.1 cm³/mol. The molecule has 0 aromatic heterocycles. The summed E-state index contributed by atoms with van der Waals surface area (Å²) in [6.07, 6.45) is 1.08. The summed E-state index contributed by atoms with van der Waals surface area (Å²) in [6.45, 7) is 0.100. The van der Waals surface area contributed by atoms with Crippen LogP contribution in [0.15, 0.2) is 0 Å². The van der Waals surface area contributed by atoms with Crippen LogP contribution in [-0.4, -0.2) is 71.1 Å². The van der Waals surface area contributed by atoms with Crippen molar-refractivity contribution in [3.05, 3.63) is 0 Å². The standard InChI is InChI=1S/C7H20N4O.C6H10O4/c1-11(2)5(3-4-12)6(8)7(9)10;7-5(8)3-1-2-4-6(9)10/h5-7,12H,3-4,8-10H2,1-2H3;1-4H2,(H,7,8)(H,9,10). The molecule has 2 unspecified atom stereocenters. The molecule has 0 aromatic carbocycles. The third-order valence-electron chi connectivity index (χ3n) is 3.01. The molecule has 0 saturated heterocycles. The molecule has 0 amide bonds. The van der Waals surface area contributed by atoms with Crippen LogP contribution in [0.4, 0.5) is 0 Å². The van der Waals surface area contributed by atoms with Gasteiger partial charge >= 0.3 is 11.9 Å². The number of carboxylic acid groups (broad SMARTS) is 2. The Hall–Kier alpha value is -1.26. The maximum atomic E-state index is 9.90. The van der Waals surface area contributed by atoms with Crippen molar-refractivity contribution in [2.75, 3.05) is 20.7 Å². The highest BCUT2D eigenvalue weighted by molar-refractivity contribution is 5.67. The van der Waals surface area contributed by atoms with Crippen molar-refractivity contribution in [3.8, 4) is 0 Å². The van der Waals surface area contributed by atoms with Gasteiger partial charge in [-0.1, -0.05) is 0 Å². The molecule has 0 spiro atoms. The summed E-state index contributed by atoms with van der Waals surface area (Å²) in [4.78, 5) is 21.7. The molecule has 132 valence electrons. The van der Waals surface area contributed by atoms with E-state index in [0.717, 1.165) is 0 Å². The van der Waals surface area contributed by atoms with Gasteiger partial charge in [0.05, 0.1) is 6.17 Å². The van der Waals surface area contributed by atoms with E-state index in [1.807, 2.05) is 19.0 Å². The topological polar surface area (TPSA) is 176 Å². The minimum absolute atomic E-state index is 0.0370. The van der Waals surface area contributed by atoms with Crippen LogP contribution in [0.1, 0.15) is 32.1 Å². The summed E-state index contributed by atoms with van der Waals surface area (Å²) in [5, 5.41) is 25.0. The molecule has 9 heteroatoms. The third kappa shape index (κ3) is 13.7. The van der Waals surface area contributed by atoms with Crippen LogP contribution >= 0.6 is 0 Å². The van der Waals surface area contributed by atoms with Crippen molar-refractivity contribution in [2.24, 2.45) is 17.2 Å². The summed E-state index contributed by atoms with van der Waals surface area (Å²) in [5.41, 5.74) is 16.6. The Bertz CT molecular complexity index is 297. The fourth-order valence-electron chi connectivity index (χ4n) is 1.74. The third-order valence-corrected chi connectivity index (χ3v) is 3.01. The van der Waals surface area contributed by atoms with Gasteiger partial charge in [0.25, 0.3) is 0 Å². The lowest BCUT2D eigenvalue weighted by molar-refractivity contribution is -0.139. The van der Waals surface area contributed by atoms with Gasteiger partial charge in [0, 0.05) is 31.5 Å². The molecule has 0 heterocycles. The van der Waals surface area contributed by atoms with Crippen LogP contribution in [0.5, 0.6) is 0 Å². The second-order valence-electron chi connectivity index (χ2n) is 5.19. The van der Waals surface area contributed by atoms with E-state index in [1.54, 1.807) is 0 Å². The van der Waals surface area contributed by atoms with Crippen LogP contribution in [0.25, 0.3) is 0 Å². The van der Waals surface area contributed by atoms with E-state index in [1.165, 1.54) is 0 Å². The van der Waals surface area contributed by atoms with Crippen LogP contribution < -0.4 is 17.2 Å². The minimum Gasteiger partial charge on any atom is -0.481 e. The number of unbranched alkanes of at least 4 members (excludes halogenated alkanes) is 1. The Morgan fingerprint density at radius 3 is 1.64 bits per heavy atom. The fourth-order valence-corrected chi connectivity index (χ4v) is 1.74. The van der Waals surface area contributed by atoms with E-state index in [2.05, 4.69) is 0 Å². The molecule has 0 aromatic rings. The van der Waals surface area contributed by atoms with Gasteiger partial charge in [-0.2, -0.15) is 0 Å². The lowest BCUT2D eigenvalue weighted by atomic mass is 10.0. The number of hydrogen-bond acceptors (Lipinski definition) is 7. The maximum Gasteiger partial charge on any atom is 0.303 e. The van der Waals surface area contributed by atoms with E-state index in [-0.39, 0.29) is 31.5 Å². The molecule has 0 rings (SSSR count). The van der Waals surface area contributed by atoms with Crippen molar-refractivity contribution in [3.63, 3.8) is 0 Å². The van der Waals surface area contributed by atoms with Gasteiger partial charge in [-0.05, 0) is 33.4 Å². The number of likely N-dealkylation sites (N-methyl/N-ethyl adjacent to an activating group) is 1. The first-order valence-electron chi connectivity index (χ1n) is 7.11. The molecule has 0 fully saturated rings. The van der Waals surface area contributed by atoms with Crippen LogP contribution in [0.2, 0.25) is 0 Å². The SMILES string of the molecule is CN(C)C(CCO)C(N)C(N)N.O=C(O)CCCCC(=O)O. The molecule has 0 aliphatic rings. The smallest absolute Gasteiger partial charge is 0.303 e. The number of aliphatic hydroxyl groups excluding tert-OH is 1. The van der Waals surface area contributed by atoms with Gasteiger partial charge in [0.2, 0.25) is 0 Å². The van der Waals surface area contributed by atoms with Crippen LogP contribution in [0, 0.1) is 0 Å². The lowest BCUT2D eigenvalue weighted by Gasteiger charge is -2.31. The molecule has 9 N–H and O–H groups in total. The number of carbonyl (C=O) groups is 2. The number of nitrogens with zero attached hydrogens (tertiary/aromatic N) is 1. The largest absolute Gasteiger partial charge is 0.481 e. The van der Waals surface area contributed by atoms with Crippen LogP contribution in [0.3, 0.4) is 0 Å². The quantitative estimate of drug-likeness (QED) is 0.208. The first-order chi connectivity index (χ1) is 10.1. The Morgan fingerprint density at radius 1 is 1.00 bits per heavy atom. The van der Waals surface area contributed by atoms with E-state index in [9.17, 15) is 9.59 Å². The Kier molecular flexibility index (Phi) is 14.0. The maximum absolute atomic E-state index is 9.90. The average molecular weight is 322 g/mol. The van der Waals surface area contributed by atoms with Crippen molar-refractivity contribution in [1.82, 2.24) is 4.90 Å². The van der Waals surface area contributed by atoms with E-state index >= 15 is 0 Å². The van der Waals surface area contributed by atoms with Gasteiger partial charge < -0.3 is 37.4 Å². The molecule has 0 aliphatic heterocycles. The summed E-state index contributed by atoms with van der Waals surface area (Å²) < 4.78 is 0. The lowest BCUT2D eigenvalue weighted by Crippen LogP contribution is -2.58. The Balaban J connectivity index is 0. The number of aliphatic carboxylic acids is 2. The number of aliphatic hydroxyl groups is 1. The van der Waals surface area contributed by atoms with E-state index in [0.29, 0.717) is 19.3 Å². The molecule has 0 saturated carbocycles. The first kappa shape index (κ1) is 23.0. The molecule has 0 aliphatic carbocycles. The normalized spacial score (nSPS) is 13.5. The number of hydrogen-bond donors (Lipinski definition) is 6. The zero-order chi connectivity index (χ0) is 17.7. The second-order valence-corrected chi connectivity index (χ2v) is 5.19. The highest BCUT2D eigenvalue weighted by Crippen LogP contribution is 2.03. The first-order valence-corrected chi connectivity index (χ1v) is 7.11. The summed E-state index contributed by atoms with van der Waals surface area (Å²) in [5.74, 6) is -1.74. The summed E-state index contributed by atoms with van der Waals surface area (Å²) >= 11 is 0. The minimum atomic E-state index is -0.870. The Labute approximate surface area is 131 Å². The molecule has 0 bridgehead atoms. The van der Waals surface area contributed by atoms with Gasteiger partial charge in [0.1, 0.15) is 0 Å². The molecule has 9 nitrogen and oxygen atoms in total. The second kappa shape index (κ2) is 13.4. The van der Waals surface area contributed by atoms with Crippen molar-refractivity contribution >= 4 is 11.9 Å². The van der Waals surface area contributed by atoms with Gasteiger partial charge in [-0.15, -0.1) is 0 Å². The van der Waals surface area contributed by atoms with Crippen molar-refractivity contribution < 1.29 is 24.9 Å². The number of nitrogens with two attached hydrogens (primary N) is 3. The van der Waals surface area contributed by atoms with Crippen LogP contribution in [-0.2, 0) is 9.59 Å². The highest BCUT2D eigenvalue weighted by Gasteiger charge is 2.22. The average Bonchev–Trinajstić information content (AvgIpc) is 2.40. The zero-order valence-electron chi connectivity index (χ0n) is 13.3. The van der Waals surface area contributed by atoms with Crippen molar-refractivity contribution in [1.29, 1.82) is 0 Å². The van der Waals surface area contributed by atoms with Gasteiger partial charge in [-0.25, -0.2) is 0 Å². The van der Waals surface area contributed by atoms with Gasteiger partial charge in [0.15, 0.2) is 0 Å². The van der Waals surface area contributed by atoms with E-state index in [4.69, 9.17) is 32.5 Å². The molecular weight excluding hydrogens is 292 g/mol. The molecule has 0 radical (unpaired) electrons. The molecule has 2 atom stereocenters. The monoisotopic (exact) mass is 322 g/mol.